The van der Waals surface area contributed by atoms with E-state index in [2.05, 4.69) is 20.1 Å². The van der Waals surface area contributed by atoms with Crippen LogP contribution < -0.4 is 0 Å². The Hall–Kier alpha value is -0.503. The number of ether oxygens (including phenoxy) is 1. The Bertz CT molecular complexity index is 126. The normalized spacial score (nSPS) is 18.4. The molecule has 1 rings (SSSR count). The van der Waals surface area contributed by atoms with Gasteiger partial charge in [-0.3, -0.25) is 0 Å². The summed E-state index contributed by atoms with van der Waals surface area (Å²) in [5.74, 6) is 0. The number of hydrogen-bond donors (Lipinski definition) is 4. The van der Waals surface area contributed by atoms with Gasteiger partial charge in [0.25, 0.3) is 0 Å². The van der Waals surface area contributed by atoms with Gasteiger partial charge in [0.15, 0.2) is 0 Å². The fourth-order valence-electron chi connectivity index (χ4n) is 0.0962. The monoisotopic (exact) mass is 208 g/mol. The van der Waals surface area contributed by atoms with Crippen LogP contribution in [-0.2, 0) is 4.74 Å². The van der Waals surface area contributed by atoms with Crippen LogP contribution in [0.2, 0.25) is 0 Å². The van der Waals surface area contributed by atoms with Crippen molar-refractivity contribution in [2.24, 2.45) is 0 Å². The average molecular weight is 208 g/mol. The average Bonchev–Trinajstić information content (AvgIpc) is 2.69. The van der Waals surface area contributed by atoms with E-state index in [1.807, 2.05) is 0 Å². The van der Waals surface area contributed by atoms with E-state index in [0.29, 0.717) is 6.10 Å². The number of epoxide rings is 1. The summed E-state index contributed by atoms with van der Waals surface area (Å²) in [6.45, 7) is 9.76. The minimum atomic E-state index is -4.61. The van der Waals surface area contributed by atoms with Gasteiger partial charge in [0.2, 0.25) is 0 Å². The lowest BCUT2D eigenvalue weighted by Gasteiger charge is -1.91. The fraction of sp³-hybridized carbons (Fsp3) is 0.429. The van der Waals surface area contributed by atoms with Gasteiger partial charge in [-0.2, -0.15) is 0 Å². The zero-order valence-electron chi connectivity index (χ0n) is 7.55. The molecule has 0 saturated carbocycles. The largest absolute Gasteiger partial charge is 0.668 e. The standard InChI is InChI=1S/C4H6.C3H6O.H4O4Si/c1-3-4-2;1-3-2-4-3;1-5(2,3)4/h3-4H,1-2H2;3H,2H2,1H3;1-4H. The molecule has 0 aromatic carbocycles. The summed E-state index contributed by atoms with van der Waals surface area (Å²) in [6, 6.07) is 0. The Morgan fingerprint density at radius 3 is 1.38 bits per heavy atom. The van der Waals surface area contributed by atoms with Crippen LogP contribution in [0.15, 0.2) is 25.3 Å². The van der Waals surface area contributed by atoms with Crippen molar-refractivity contribution in [2.45, 2.75) is 13.0 Å². The van der Waals surface area contributed by atoms with Gasteiger partial charge in [-0.25, -0.2) is 0 Å². The molecule has 5 nitrogen and oxygen atoms in total. The minimum Gasteiger partial charge on any atom is -0.373 e. The van der Waals surface area contributed by atoms with Crippen molar-refractivity contribution in [3.8, 4) is 0 Å². The van der Waals surface area contributed by atoms with Crippen molar-refractivity contribution in [1.29, 1.82) is 0 Å². The van der Waals surface area contributed by atoms with Crippen LogP contribution in [0.5, 0.6) is 0 Å². The molecule has 1 aliphatic heterocycles. The maximum absolute atomic E-state index is 7.33. The first-order valence-electron chi connectivity index (χ1n) is 3.55. The Morgan fingerprint density at radius 2 is 1.38 bits per heavy atom. The summed E-state index contributed by atoms with van der Waals surface area (Å²) in [7, 11) is -4.61. The van der Waals surface area contributed by atoms with E-state index in [1.54, 1.807) is 12.2 Å². The highest BCUT2D eigenvalue weighted by Gasteiger charge is 2.22. The molecule has 1 heterocycles. The van der Waals surface area contributed by atoms with Crippen LogP contribution in [0.4, 0.5) is 0 Å². The van der Waals surface area contributed by atoms with Crippen molar-refractivity contribution >= 4 is 9.05 Å². The molecule has 6 heteroatoms. The third-order valence-electron chi connectivity index (χ3n) is 0.667. The maximum atomic E-state index is 7.33. The molecule has 1 saturated heterocycles. The molecule has 78 valence electrons. The van der Waals surface area contributed by atoms with Crippen molar-refractivity contribution < 1.29 is 23.9 Å². The van der Waals surface area contributed by atoms with Crippen LogP contribution in [0, 0.1) is 0 Å². The molecule has 1 aliphatic rings. The first-order valence-corrected chi connectivity index (χ1v) is 5.34. The quantitative estimate of drug-likeness (QED) is 0.256. The van der Waals surface area contributed by atoms with Crippen LogP contribution in [-0.4, -0.2) is 40.9 Å². The lowest BCUT2D eigenvalue weighted by Crippen LogP contribution is -2.33. The summed E-state index contributed by atoms with van der Waals surface area (Å²) in [4.78, 5) is 29.3. The first kappa shape index (κ1) is 15.0. The van der Waals surface area contributed by atoms with Gasteiger partial charge in [0.1, 0.15) is 0 Å². The van der Waals surface area contributed by atoms with Gasteiger partial charge in [-0.1, -0.05) is 25.3 Å². The predicted molar refractivity (Wildman–Crippen MR) is 50.4 cm³/mol. The van der Waals surface area contributed by atoms with Crippen LogP contribution in [0.25, 0.3) is 0 Å². The Labute approximate surface area is 78.7 Å². The third kappa shape index (κ3) is 84.8. The lowest BCUT2D eigenvalue weighted by molar-refractivity contribution is 0.117. The van der Waals surface area contributed by atoms with E-state index in [9.17, 15) is 0 Å². The van der Waals surface area contributed by atoms with E-state index in [1.165, 1.54) is 0 Å². The summed E-state index contributed by atoms with van der Waals surface area (Å²) in [5, 5.41) is 0. The third-order valence-corrected chi connectivity index (χ3v) is 0.667. The zero-order chi connectivity index (χ0) is 10.9. The Kier molecular flexibility index (Phi) is 9.35. The number of hydrogen-bond acceptors (Lipinski definition) is 5. The molecule has 0 amide bonds. The second kappa shape index (κ2) is 8.11. The molecule has 13 heavy (non-hydrogen) atoms. The van der Waals surface area contributed by atoms with Crippen LogP contribution in [0.1, 0.15) is 6.92 Å². The molecule has 0 spiro atoms. The van der Waals surface area contributed by atoms with E-state index < -0.39 is 9.05 Å². The SMILES string of the molecule is C=CC=C.CC1CO1.O[Si](O)(O)O. The highest BCUT2D eigenvalue weighted by atomic mass is 28.4. The molecule has 1 unspecified atom stereocenters. The molecule has 1 atom stereocenters. The smallest absolute Gasteiger partial charge is 0.373 e. The summed E-state index contributed by atoms with van der Waals surface area (Å²) in [6.07, 6.45) is 3.86. The number of rotatable bonds is 1. The first-order chi connectivity index (χ1) is 5.81. The van der Waals surface area contributed by atoms with Gasteiger partial charge in [-0.05, 0) is 6.92 Å². The Morgan fingerprint density at radius 1 is 1.23 bits per heavy atom. The fourth-order valence-corrected chi connectivity index (χ4v) is 0.0962. The van der Waals surface area contributed by atoms with Gasteiger partial charge in [-0.15, -0.1) is 0 Å². The van der Waals surface area contributed by atoms with Crippen LogP contribution in [0.3, 0.4) is 0 Å². The second-order valence-electron chi connectivity index (χ2n) is 2.22. The summed E-state index contributed by atoms with van der Waals surface area (Å²) < 4.78 is 4.71. The molecule has 0 aromatic heterocycles. The van der Waals surface area contributed by atoms with Crippen molar-refractivity contribution in [3.63, 3.8) is 0 Å². The molecule has 1 fully saturated rings. The summed E-state index contributed by atoms with van der Waals surface area (Å²) >= 11 is 0. The van der Waals surface area contributed by atoms with E-state index in [0.717, 1.165) is 6.61 Å². The molecular formula is C7H16O5Si. The van der Waals surface area contributed by atoms with Gasteiger partial charge < -0.3 is 23.9 Å². The van der Waals surface area contributed by atoms with Gasteiger partial charge >= 0.3 is 9.05 Å². The molecule has 0 aliphatic carbocycles. The molecular weight excluding hydrogens is 192 g/mol. The highest BCUT2D eigenvalue weighted by molar-refractivity contribution is 6.46. The van der Waals surface area contributed by atoms with Crippen molar-refractivity contribution in [2.75, 3.05) is 6.61 Å². The molecule has 0 radical (unpaired) electrons. The minimum absolute atomic E-state index is 0.583. The van der Waals surface area contributed by atoms with E-state index >= 15 is 0 Å². The van der Waals surface area contributed by atoms with Crippen LogP contribution >= 0.6 is 0 Å². The van der Waals surface area contributed by atoms with Crippen molar-refractivity contribution in [3.05, 3.63) is 25.3 Å². The highest BCUT2D eigenvalue weighted by Crippen LogP contribution is 2.04. The second-order valence-corrected chi connectivity index (χ2v) is 3.42. The molecule has 0 aromatic rings. The van der Waals surface area contributed by atoms with Gasteiger partial charge in [0, 0.05) is 0 Å². The van der Waals surface area contributed by atoms with Gasteiger partial charge in [0.05, 0.1) is 12.7 Å². The van der Waals surface area contributed by atoms with Crippen molar-refractivity contribution in [1.82, 2.24) is 0 Å². The zero-order valence-corrected chi connectivity index (χ0v) is 8.55. The summed E-state index contributed by atoms with van der Waals surface area (Å²) in [5.41, 5.74) is 0. The van der Waals surface area contributed by atoms with E-state index in [4.69, 9.17) is 23.9 Å². The predicted octanol–water partition coefficient (Wildman–Crippen LogP) is -0.845. The molecule has 4 N–H and O–H groups in total. The molecule has 0 bridgehead atoms. The number of allylic oxidation sites excluding steroid dienone is 2. The topological polar surface area (TPSA) is 93.5 Å². The van der Waals surface area contributed by atoms with E-state index in [-0.39, 0.29) is 0 Å². The maximum Gasteiger partial charge on any atom is 0.668 e. The Balaban J connectivity index is 0. The lowest BCUT2D eigenvalue weighted by atomic mass is 10.6.